The van der Waals surface area contributed by atoms with Crippen LogP contribution in [0.3, 0.4) is 0 Å². The van der Waals surface area contributed by atoms with Crippen LogP contribution in [0.25, 0.3) is 0 Å². The maximum absolute atomic E-state index is 10.8. The maximum Gasteiger partial charge on any atom is 0.303 e. The minimum absolute atomic E-state index is 0.0903. The van der Waals surface area contributed by atoms with Crippen LogP contribution < -0.4 is 9.80 Å². The summed E-state index contributed by atoms with van der Waals surface area (Å²) in [5.41, 5.74) is 1.86. The predicted octanol–water partition coefficient (Wildman–Crippen LogP) is 0.672. The molecule has 144 valence electrons. The largest absolute Gasteiger partial charge is 0.481 e. The predicted molar refractivity (Wildman–Crippen MR) is 98.7 cm³/mol. The second-order valence-electron chi connectivity index (χ2n) is 7.12. The average molecular weight is 372 g/mol. The number of nitrogens with zero attached hydrogens (tertiary/aromatic N) is 6. The molecule has 4 rings (SSSR count). The van der Waals surface area contributed by atoms with Gasteiger partial charge >= 0.3 is 5.97 Å². The SMILES string of the molecule is O=C(O)CCc1cc2n(n1)CCN(c1nccc(N3CCCC(O)C3)n1)C2. The van der Waals surface area contributed by atoms with Crippen molar-refractivity contribution < 1.29 is 15.0 Å². The quantitative estimate of drug-likeness (QED) is 0.789. The fourth-order valence-electron chi connectivity index (χ4n) is 3.68. The van der Waals surface area contributed by atoms with Gasteiger partial charge < -0.3 is 20.0 Å². The van der Waals surface area contributed by atoms with Crippen LogP contribution >= 0.6 is 0 Å². The molecule has 0 aromatic carbocycles. The first-order valence-electron chi connectivity index (χ1n) is 9.37. The van der Waals surface area contributed by atoms with E-state index in [9.17, 15) is 9.90 Å². The molecule has 9 heteroatoms. The monoisotopic (exact) mass is 372 g/mol. The van der Waals surface area contributed by atoms with E-state index in [4.69, 9.17) is 10.1 Å². The van der Waals surface area contributed by atoms with Gasteiger partial charge in [-0.2, -0.15) is 10.1 Å². The lowest BCUT2D eigenvalue weighted by Gasteiger charge is -2.32. The Labute approximate surface area is 157 Å². The lowest BCUT2D eigenvalue weighted by Crippen LogP contribution is -2.39. The Kier molecular flexibility index (Phi) is 4.93. The summed E-state index contributed by atoms with van der Waals surface area (Å²) in [5, 5.41) is 23.2. The highest BCUT2D eigenvalue weighted by molar-refractivity contribution is 5.66. The third-order valence-corrected chi connectivity index (χ3v) is 5.08. The van der Waals surface area contributed by atoms with Crippen molar-refractivity contribution in [2.45, 2.75) is 44.9 Å². The fraction of sp³-hybridized carbons (Fsp3) is 0.556. The number of aryl methyl sites for hydroxylation is 1. The molecule has 2 N–H and O–H groups in total. The van der Waals surface area contributed by atoms with Gasteiger partial charge in [-0.25, -0.2) is 4.98 Å². The standard InChI is InChI=1S/C18H24N6O3/c25-15-2-1-7-22(12-15)16-5-6-19-18(20-16)23-8-9-24-14(11-23)10-13(21-24)3-4-17(26)27/h5-6,10,15,25H,1-4,7-9,11-12H2,(H,26,27). The van der Waals surface area contributed by atoms with E-state index in [0.29, 0.717) is 25.5 Å². The molecule has 2 aromatic heterocycles. The third-order valence-electron chi connectivity index (χ3n) is 5.08. The second-order valence-corrected chi connectivity index (χ2v) is 7.12. The zero-order chi connectivity index (χ0) is 18.8. The number of carboxylic acid groups (broad SMARTS) is 1. The van der Waals surface area contributed by atoms with Crippen LogP contribution in [0, 0.1) is 0 Å². The van der Waals surface area contributed by atoms with E-state index in [-0.39, 0.29) is 12.5 Å². The van der Waals surface area contributed by atoms with Gasteiger partial charge in [0, 0.05) is 32.3 Å². The molecule has 1 atom stereocenters. The van der Waals surface area contributed by atoms with Crippen molar-refractivity contribution in [3.8, 4) is 0 Å². The molecule has 0 aliphatic carbocycles. The van der Waals surface area contributed by atoms with Crippen molar-refractivity contribution in [1.29, 1.82) is 0 Å². The van der Waals surface area contributed by atoms with Crippen molar-refractivity contribution in [2.75, 3.05) is 29.4 Å². The van der Waals surface area contributed by atoms with E-state index in [2.05, 4.69) is 19.9 Å². The summed E-state index contributed by atoms with van der Waals surface area (Å²) in [5.74, 6) is 0.711. The summed E-state index contributed by atoms with van der Waals surface area (Å²) < 4.78 is 1.94. The zero-order valence-corrected chi connectivity index (χ0v) is 15.2. The molecule has 4 heterocycles. The van der Waals surface area contributed by atoms with Crippen molar-refractivity contribution in [3.63, 3.8) is 0 Å². The molecule has 0 spiro atoms. The highest BCUT2D eigenvalue weighted by Gasteiger charge is 2.23. The molecule has 0 bridgehead atoms. The topological polar surface area (TPSA) is 108 Å². The Morgan fingerprint density at radius 3 is 2.96 bits per heavy atom. The summed E-state index contributed by atoms with van der Waals surface area (Å²) >= 11 is 0. The number of anilines is 2. The van der Waals surface area contributed by atoms with Crippen molar-refractivity contribution in [1.82, 2.24) is 19.7 Å². The first kappa shape index (κ1) is 17.7. The molecule has 0 amide bonds. The fourth-order valence-corrected chi connectivity index (χ4v) is 3.68. The summed E-state index contributed by atoms with van der Waals surface area (Å²) in [4.78, 5) is 24.1. The molecule has 0 radical (unpaired) electrons. The van der Waals surface area contributed by atoms with Crippen LogP contribution in [0.15, 0.2) is 18.3 Å². The van der Waals surface area contributed by atoms with Gasteiger partial charge in [0.15, 0.2) is 0 Å². The van der Waals surface area contributed by atoms with Crippen LogP contribution in [0.2, 0.25) is 0 Å². The Bertz CT molecular complexity index is 823. The summed E-state index contributed by atoms with van der Waals surface area (Å²) in [6, 6.07) is 3.86. The Balaban J connectivity index is 1.47. The van der Waals surface area contributed by atoms with E-state index in [0.717, 1.165) is 49.7 Å². The van der Waals surface area contributed by atoms with Gasteiger partial charge in [0.1, 0.15) is 5.82 Å². The first-order chi connectivity index (χ1) is 13.1. The summed E-state index contributed by atoms with van der Waals surface area (Å²) in [6.07, 6.45) is 3.80. The van der Waals surface area contributed by atoms with Crippen LogP contribution in [0.5, 0.6) is 0 Å². The molecule has 2 aromatic rings. The van der Waals surface area contributed by atoms with Crippen molar-refractivity contribution in [3.05, 3.63) is 29.7 Å². The number of aliphatic carboxylic acids is 1. The molecule has 1 unspecified atom stereocenters. The van der Waals surface area contributed by atoms with Crippen LogP contribution in [-0.2, 0) is 24.3 Å². The number of carboxylic acids is 1. The number of aliphatic hydroxyl groups is 1. The summed E-state index contributed by atoms with van der Waals surface area (Å²) in [7, 11) is 0. The lowest BCUT2D eigenvalue weighted by molar-refractivity contribution is -0.136. The molecule has 0 saturated carbocycles. The maximum atomic E-state index is 10.8. The van der Waals surface area contributed by atoms with Gasteiger partial charge in [0.25, 0.3) is 0 Å². The number of fused-ring (bicyclic) bond motifs is 1. The van der Waals surface area contributed by atoms with Gasteiger partial charge in [-0.3, -0.25) is 9.48 Å². The number of piperidine rings is 1. The number of β-amino-alcohol motifs (C(OH)–C–C–N with tert-alkyl or cyclic N) is 1. The Hall–Kier alpha value is -2.68. The van der Waals surface area contributed by atoms with Gasteiger partial charge in [-0.15, -0.1) is 0 Å². The molecular weight excluding hydrogens is 348 g/mol. The van der Waals surface area contributed by atoms with E-state index in [1.807, 2.05) is 16.8 Å². The minimum Gasteiger partial charge on any atom is -0.481 e. The lowest BCUT2D eigenvalue weighted by atomic mass is 10.1. The number of carbonyl (C=O) groups is 1. The second kappa shape index (κ2) is 7.51. The summed E-state index contributed by atoms with van der Waals surface area (Å²) in [6.45, 7) is 3.62. The van der Waals surface area contributed by atoms with E-state index >= 15 is 0 Å². The number of aliphatic hydroxyl groups excluding tert-OH is 1. The van der Waals surface area contributed by atoms with Crippen LogP contribution in [0.4, 0.5) is 11.8 Å². The van der Waals surface area contributed by atoms with Gasteiger partial charge in [0.05, 0.1) is 37.0 Å². The number of aromatic nitrogens is 4. The molecule has 27 heavy (non-hydrogen) atoms. The molecule has 9 nitrogen and oxygen atoms in total. The molecule has 1 fully saturated rings. The minimum atomic E-state index is -0.810. The first-order valence-corrected chi connectivity index (χ1v) is 9.37. The normalized spacial score (nSPS) is 19.8. The molecular formula is C18H24N6O3. The Morgan fingerprint density at radius 2 is 2.15 bits per heavy atom. The molecule has 2 aliphatic rings. The van der Waals surface area contributed by atoms with E-state index in [1.165, 1.54) is 0 Å². The van der Waals surface area contributed by atoms with Crippen molar-refractivity contribution >= 4 is 17.7 Å². The highest BCUT2D eigenvalue weighted by Crippen LogP contribution is 2.23. The molecule has 2 aliphatic heterocycles. The number of hydrogen-bond acceptors (Lipinski definition) is 7. The van der Waals surface area contributed by atoms with Crippen LogP contribution in [0.1, 0.15) is 30.7 Å². The average Bonchev–Trinajstić information content (AvgIpc) is 3.08. The van der Waals surface area contributed by atoms with Gasteiger partial charge in [-0.05, 0) is 25.0 Å². The van der Waals surface area contributed by atoms with Gasteiger partial charge in [0.2, 0.25) is 5.95 Å². The Morgan fingerprint density at radius 1 is 1.26 bits per heavy atom. The number of rotatable bonds is 5. The van der Waals surface area contributed by atoms with E-state index in [1.54, 1.807) is 6.20 Å². The van der Waals surface area contributed by atoms with Crippen LogP contribution in [-0.4, -0.2) is 61.7 Å². The smallest absolute Gasteiger partial charge is 0.303 e. The van der Waals surface area contributed by atoms with Gasteiger partial charge in [-0.1, -0.05) is 0 Å². The van der Waals surface area contributed by atoms with E-state index < -0.39 is 5.97 Å². The third kappa shape index (κ3) is 4.02. The number of hydrogen-bond donors (Lipinski definition) is 2. The van der Waals surface area contributed by atoms with Crippen molar-refractivity contribution in [2.24, 2.45) is 0 Å². The highest BCUT2D eigenvalue weighted by atomic mass is 16.4. The molecule has 1 saturated heterocycles. The zero-order valence-electron chi connectivity index (χ0n) is 15.2.